The average Bonchev–Trinajstić information content (AvgIpc) is 3.07. The number of aryl methyl sites for hydroxylation is 2. The zero-order chi connectivity index (χ0) is 18.6. The third kappa shape index (κ3) is 2.74. The van der Waals surface area contributed by atoms with Crippen LogP contribution in [0.2, 0.25) is 0 Å². The van der Waals surface area contributed by atoms with Gasteiger partial charge in [-0.05, 0) is 31.2 Å². The van der Waals surface area contributed by atoms with Crippen LogP contribution in [0.15, 0.2) is 17.1 Å². The fourth-order valence-electron chi connectivity index (χ4n) is 4.24. The molecule has 3 aromatic heterocycles. The smallest absolute Gasteiger partial charge is 0.291 e. The first-order valence-electron chi connectivity index (χ1n) is 9.07. The van der Waals surface area contributed by atoms with Crippen molar-refractivity contribution in [2.75, 3.05) is 13.1 Å². The fourth-order valence-corrected chi connectivity index (χ4v) is 5.29. The van der Waals surface area contributed by atoms with Gasteiger partial charge in [-0.3, -0.25) is 9.59 Å². The molecule has 1 amide bonds. The van der Waals surface area contributed by atoms with E-state index in [1.54, 1.807) is 17.5 Å². The summed E-state index contributed by atoms with van der Waals surface area (Å²) < 4.78 is 4.32. The Balaban J connectivity index is 1.69. The fraction of sp³-hybridized carbons (Fsp3) is 0.526. The van der Waals surface area contributed by atoms with E-state index in [0.717, 1.165) is 35.1 Å². The van der Waals surface area contributed by atoms with Crippen molar-refractivity contribution in [2.24, 2.45) is 18.9 Å². The first-order valence-corrected chi connectivity index (χ1v) is 9.89. The van der Waals surface area contributed by atoms with Crippen molar-refractivity contribution >= 4 is 38.4 Å². The number of aromatic nitrogens is 3. The molecule has 26 heavy (non-hydrogen) atoms. The van der Waals surface area contributed by atoms with Gasteiger partial charge in [0.2, 0.25) is 5.91 Å². The van der Waals surface area contributed by atoms with Gasteiger partial charge in [-0.2, -0.15) is 5.10 Å². The van der Waals surface area contributed by atoms with Crippen molar-refractivity contribution in [3.8, 4) is 0 Å². The number of hydrogen-bond donors (Lipinski definition) is 0. The summed E-state index contributed by atoms with van der Waals surface area (Å²) >= 11 is 1.67. The summed E-state index contributed by atoms with van der Waals surface area (Å²) in [6, 6.07) is 2.09. The standard InChI is InChI=1S/C19H24N4O2S/c1-11-5-12(2)9-22(8-11)16(24)10-23-19(25)17-14(7-20-23)18-15(21(17)4)6-13(3)26-18/h6-7,11-12H,5,8-10H2,1-4H3. The molecule has 138 valence electrons. The second kappa shape index (κ2) is 6.23. The van der Waals surface area contributed by atoms with Crippen LogP contribution in [0.3, 0.4) is 0 Å². The van der Waals surface area contributed by atoms with Gasteiger partial charge in [-0.25, -0.2) is 4.68 Å². The van der Waals surface area contributed by atoms with Crippen molar-refractivity contribution in [1.29, 1.82) is 0 Å². The van der Waals surface area contributed by atoms with Crippen LogP contribution in [0.25, 0.3) is 21.1 Å². The van der Waals surface area contributed by atoms with Gasteiger partial charge < -0.3 is 9.47 Å². The molecule has 6 nitrogen and oxygen atoms in total. The molecule has 7 heteroatoms. The lowest BCUT2D eigenvalue weighted by Gasteiger charge is -2.35. The van der Waals surface area contributed by atoms with Crippen molar-refractivity contribution < 1.29 is 4.79 Å². The number of amides is 1. The molecule has 1 saturated heterocycles. The van der Waals surface area contributed by atoms with Gasteiger partial charge in [-0.1, -0.05) is 13.8 Å². The second-order valence-electron chi connectivity index (χ2n) is 7.74. The lowest BCUT2D eigenvalue weighted by atomic mass is 9.92. The molecular weight excluding hydrogens is 348 g/mol. The van der Waals surface area contributed by atoms with E-state index in [9.17, 15) is 9.59 Å². The summed E-state index contributed by atoms with van der Waals surface area (Å²) in [5, 5.41) is 5.17. The summed E-state index contributed by atoms with van der Waals surface area (Å²) in [4.78, 5) is 28.8. The SMILES string of the molecule is Cc1cc2c(s1)c1cnn(CC(=O)N3CC(C)CC(C)C3)c(=O)c1n2C. The predicted molar refractivity (Wildman–Crippen MR) is 105 cm³/mol. The topological polar surface area (TPSA) is 60.1 Å². The van der Waals surface area contributed by atoms with Crippen LogP contribution >= 0.6 is 11.3 Å². The van der Waals surface area contributed by atoms with Gasteiger partial charge in [0.15, 0.2) is 0 Å². The molecule has 2 unspecified atom stereocenters. The zero-order valence-corrected chi connectivity index (χ0v) is 16.5. The average molecular weight is 372 g/mol. The van der Waals surface area contributed by atoms with Crippen molar-refractivity contribution in [1.82, 2.24) is 19.2 Å². The Kier molecular flexibility index (Phi) is 4.14. The van der Waals surface area contributed by atoms with Crippen LogP contribution in [0.5, 0.6) is 0 Å². The Labute approximate surface area is 156 Å². The Bertz CT molecular complexity index is 1050. The largest absolute Gasteiger partial charge is 0.341 e. The Morgan fingerprint density at radius 1 is 1.31 bits per heavy atom. The first kappa shape index (κ1) is 17.3. The predicted octanol–water partition coefficient (Wildman–Crippen LogP) is 2.76. The minimum Gasteiger partial charge on any atom is -0.341 e. The number of carbonyl (C=O) groups is 1. The molecule has 3 aromatic rings. The van der Waals surface area contributed by atoms with Crippen LogP contribution in [0.1, 0.15) is 25.1 Å². The van der Waals surface area contributed by atoms with Crippen molar-refractivity contribution in [3.63, 3.8) is 0 Å². The maximum atomic E-state index is 13.0. The van der Waals surface area contributed by atoms with E-state index >= 15 is 0 Å². The molecular formula is C19H24N4O2S. The van der Waals surface area contributed by atoms with E-state index in [2.05, 4.69) is 31.9 Å². The van der Waals surface area contributed by atoms with Gasteiger partial charge >= 0.3 is 0 Å². The molecule has 1 fully saturated rings. The Morgan fingerprint density at radius 3 is 2.69 bits per heavy atom. The number of carbonyl (C=O) groups excluding carboxylic acids is 1. The summed E-state index contributed by atoms with van der Waals surface area (Å²) in [6.45, 7) is 7.94. The number of rotatable bonds is 2. The van der Waals surface area contributed by atoms with Crippen LogP contribution in [-0.4, -0.2) is 38.2 Å². The molecule has 0 aliphatic carbocycles. The summed E-state index contributed by atoms with van der Waals surface area (Å²) in [5.74, 6) is 0.972. The van der Waals surface area contributed by atoms with E-state index in [-0.39, 0.29) is 18.0 Å². The molecule has 0 radical (unpaired) electrons. The van der Waals surface area contributed by atoms with Gasteiger partial charge in [0, 0.05) is 30.4 Å². The molecule has 0 bridgehead atoms. The first-order chi connectivity index (χ1) is 12.3. The minimum absolute atomic E-state index is 0.00602. The second-order valence-corrected chi connectivity index (χ2v) is 9.00. The number of thiophene rings is 1. The van der Waals surface area contributed by atoms with Gasteiger partial charge in [0.1, 0.15) is 12.1 Å². The quantitative estimate of drug-likeness (QED) is 0.695. The Morgan fingerprint density at radius 2 is 2.00 bits per heavy atom. The highest BCUT2D eigenvalue weighted by molar-refractivity contribution is 7.20. The normalized spacial score (nSPS) is 21.0. The molecule has 4 heterocycles. The molecule has 1 aliphatic heterocycles. The molecule has 1 aliphatic rings. The zero-order valence-electron chi connectivity index (χ0n) is 15.7. The summed E-state index contributed by atoms with van der Waals surface area (Å²) in [5.41, 5.74) is 1.47. The number of fused-ring (bicyclic) bond motifs is 3. The van der Waals surface area contributed by atoms with E-state index in [0.29, 0.717) is 17.4 Å². The van der Waals surface area contributed by atoms with E-state index < -0.39 is 0 Å². The molecule has 0 spiro atoms. The highest BCUT2D eigenvalue weighted by Gasteiger charge is 2.26. The van der Waals surface area contributed by atoms with Gasteiger partial charge in [0.25, 0.3) is 5.56 Å². The van der Waals surface area contributed by atoms with E-state index in [1.165, 1.54) is 9.56 Å². The lowest BCUT2D eigenvalue weighted by molar-refractivity contribution is -0.134. The Hall–Kier alpha value is -2.15. The summed E-state index contributed by atoms with van der Waals surface area (Å²) in [6.07, 6.45) is 2.87. The van der Waals surface area contributed by atoms with Gasteiger partial charge in [0.05, 0.1) is 16.4 Å². The molecule has 0 saturated carbocycles. The maximum absolute atomic E-state index is 13.0. The highest BCUT2D eigenvalue weighted by atomic mass is 32.1. The monoisotopic (exact) mass is 372 g/mol. The van der Waals surface area contributed by atoms with Crippen molar-refractivity contribution in [2.45, 2.75) is 33.7 Å². The van der Waals surface area contributed by atoms with Crippen LogP contribution in [0, 0.1) is 18.8 Å². The number of likely N-dealkylation sites (tertiary alicyclic amines) is 1. The molecule has 2 atom stereocenters. The molecule has 0 aromatic carbocycles. The van der Waals surface area contributed by atoms with Crippen molar-refractivity contribution in [3.05, 3.63) is 27.5 Å². The van der Waals surface area contributed by atoms with Crippen LogP contribution < -0.4 is 5.56 Å². The maximum Gasteiger partial charge on any atom is 0.291 e. The van der Waals surface area contributed by atoms with Crippen LogP contribution in [0.4, 0.5) is 0 Å². The van der Waals surface area contributed by atoms with E-state index in [1.807, 2.05) is 16.5 Å². The third-order valence-electron chi connectivity index (χ3n) is 5.30. The molecule has 4 rings (SSSR count). The third-order valence-corrected chi connectivity index (χ3v) is 6.38. The van der Waals surface area contributed by atoms with Gasteiger partial charge in [-0.15, -0.1) is 11.3 Å². The number of piperidine rings is 1. The number of hydrogen-bond acceptors (Lipinski definition) is 4. The van der Waals surface area contributed by atoms with Crippen LogP contribution in [-0.2, 0) is 18.4 Å². The highest BCUT2D eigenvalue weighted by Crippen LogP contribution is 2.32. The molecule has 0 N–H and O–H groups in total. The number of nitrogens with zero attached hydrogens (tertiary/aromatic N) is 4. The minimum atomic E-state index is -0.197. The lowest BCUT2D eigenvalue weighted by Crippen LogP contribution is -2.45. The summed E-state index contributed by atoms with van der Waals surface area (Å²) in [7, 11) is 1.90. The van der Waals surface area contributed by atoms with E-state index in [4.69, 9.17) is 0 Å².